The van der Waals surface area contributed by atoms with Crippen LogP contribution in [-0.2, 0) is 4.74 Å². The zero-order chi connectivity index (χ0) is 21.7. The molecular formula is C26H32FN3O. The van der Waals surface area contributed by atoms with E-state index in [4.69, 9.17) is 4.74 Å². The number of fused-ring (bicyclic) bond motifs is 1. The molecule has 2 aliphatic heterocycles. The number of rotatable bonds is 4. The van der Waals surface area contributed by atoms with Gasteiger partial charge >= 0.3 is 0 Å². The highest BCUT2D eigenvalue weighted by Gasteiger charge is 2.30. The van der Waals surface area contributed by atoms with Gasteiger partial charge in [-0.2, -0.15) is 0 Å². The molecule has 5 rings (SSSR count). The molecule has 31 heavy (non-hydrogen) atoms. The van der Waals surface area contributed by atoms with Crippen LogP contribution >= 0.6 is 0 Å². The summed E-state index contributed by atoms with van der Waals surface area (Å²) in [5.74, 6) is 0.640. The molecule has 2 aromatic heterocycles. The first-order valence-corrected chi connectivity index (χ1v) is 11.5. The van der Waals surface area contributed by atoms with Gasteiger partial charge in [0.2, 0.25) is 0 Å². The highest BCUT2D eigenvalue weighted by atomic mass is 19.1. The Morgan fingerprint density at radius 2 is 1.87 bits per heavy atom. The Hall–Kier alpha value is -2.24. The lowest BCUT2D eigenvalue weighted by atomic mass is 9.87. The number of piperidine rings is 1. The molecule has 0 aliphatic carbocycles. The quantitative estimate of drug-likeness (QED) is 0.589. The molecular weight excluding hydrogens is 389 g/mol. The first-order chi connectivity index (χ1) is 14.9. The van der Waals surface area contributed by atoms with Gasteiger partial charge in [-0.05, 0) is 80.9 Å². The molecule has 0 bridgehead atoms. The molecule has 0 unspecified atom stereocenters. The smallest absolute Gasteiger partial charge is 0.153 e. The van der Waals surface area contributed by atoms with Crippen LogP contribution in [0.2, 0.25) is 0 Å². The second-order valence-electron chi connectivity index (χ2n) is 9.59. The maximum atomic E-state index is 15.0. The van der Waals surface area contributed by atoms with Crippen molar-refractivity contribution in [3.8, 4) is 11.3 Å². The number of H-pyrrole nitrogens is 1. The van der Waals surface area contributed by atoms with Crippen LogP contribution in [0, 0.1) is 19.7 Å². The Morgan fingerprint density at radius 3 is 2.52 bits per heavy atom. The van der Waals surface area contributed by atoms with Crippen molar-refractivity contribution >= 4 is 10.9 Å². The minimum Gasteiger partial charge on any atom is -0.378 e. The summed E-state index contributed by atoms with van der Waals surface area (Å²) in [6.45, 7) is 12.1. The SMILES string of the molecule is Cc1cc(-c2[nH]c3ccc(C4CCN(C5COC5)CC4)cc3c2C(C)C)c(F)c(C)n1. The zero-order valence-electron chi connectivity index (χ0n) is 19.0. The number of aromatic amines is 1. The van der Waals surface area contributed by atoms with Crippen molar-refractivity contribution in [2.75, 3.05) is 26.3 Å². The van der Waals surface area contributed by atoms with E-state index >= 15 is 4.39 Å². The topological polar surface area (TPSA) is 41.2 Å². The van der Waals surface area contributed by atoms with Gasteiger partial charge in [-0.1, -0.05) is 19.9 Å². The number of aromatic nitrogens is 2. The van der Waals surface area contributed by atoms with Crippen LogP contribution in [0.1, 0.15) is 61.0 Å². The fraction of sp³-hybridized carbons (Fsp3) is 0.500. The Morgan fingerprint density at radius 1 is 1.13 bits per heavy atom. The molecule has 1 aromatic carbocycles. The Kier molecular flexibility index (Phi) is 5.35. The molecule has 4 nitrogen and oxygen atoms in total. The van der Waals surface area contributed by atoms with Crippen molar-refractivity contribution in [1.82, 2.24) is 14.9 Å². The summed E-state index contributed by atoms with van der Waals surface area (Å²) >= 11 is 0. The fourth-order valence-corrected chi connectivity index (χ4v) is 5.32. The molecule has 4 heterocycles. The van der Waals surface area contributed by atoms with Crippen LogP contribution in [0.4, 0.5) is 4.39 Å². The van der Waals surface area contributed by atoms with Gasteiger partial charge in [-0.25, -0.2) is 4.39 Å². The number of nitrogens with zero attached hydrogens (tertiary/aromatic N) is 2. The third-order valence-corrected chi connectivity index (χ3v) is 7.10. The fourth-order valence-electron chi connectivity index (χ4n) is 5.32. The summed E-state index contributed by atoms with van der Waals surface area (Å²) < 4.78 is 20.4. The van der Waals surface area contributed by atoms with Gasteiger partial charge in [0.1, 0.15) is 0 Å². The van der Waals surface area contributed by atoms with Gasteiger partial charge < -0.3 is 9.72 Å². The third-order valence-electron chi connectivity index (χ3n) is 7.10. The van der Waals surface area contributed by atoms with Crippen molar-refractivity contribution in [2.24, 2.45) is 0 Å². The van der Waals surface area contributed by atoms with Crippen LogP contribution in [0.5, 0.6) is 0 Å². The second-order valence-corrected chi connectivity index (χ2v) is 9.59. The molecule has 2 aliphatic rings. The van der Waals surface area contributed by atoms with Gasteiger partial charge in [-0.15, -0.1) is 0 Å². The number of likely N-dealkylation sites (tertiary alicyclic amines) is 1. The lowest BCUT2D eigenvalue weighted by Crippen LogP contribution is -2.51. The summed E-state index contributed by atoms with van der Waals surface area (Å²) in [4.78, 5) is 10.4. The molecule has 3 aromatic rings. The maximum absolute atomic E-state index is 15.0. The van der Waals surface area contributed by atoms with Crippen molar-refractivity contribution in [2.45, 2.75) is 58.4 Å². The van der Waals surface area contributed by atoms with Gasteiger partial charge in [0, 0.05) is 22.2 Å². The van der Waals surface area contributed by atoms with Crippen molar-refractivity contribution in [3.63, 3.8) is 0 Å². The van der Waals surface area contributed by atoms with Gasteiger partial charge in [0.15, 0.2) is 5.82 Å². The van der Waals surface area contributed by atoms with E-state index in [2.05, 4.69) is 46.9 Å². The number of pyridine rings is 1. The van der Waals surface area contributed by atoms with Crippen molar-refractivity contribution in [1.29, 1.82) is 0 Å². The number of hydrogen-bond acceptors (Lipinski definition) is 3. The number of hydrogen-bond donors (Lipinski definition) is 1. The predicted molar refractivity (Wildman–Crippen MR) is 123 cm³/mol. The molecule has 0 saturated carbocycles. The number of benzene rings is 1. The average Bonchev–Trinajstić information content (AvgIpc) is 3.08. The average molecular weight is 422 g/mol. The van der Waals surface area contributed by atoms with E-state index in [9.17, 15) is 0 Å². The second kappa shape index (κ2) is 8.03. The Balaban J connectivity index is 1.51. The summed E-state index contributed by atoms with van der Waals surface area (Å²) in [7, 11) is 0. The number of nitrogens with one attached hydrogen (secondary N) is 1. The van der Waals surface area contributed by atoms with E-state index < -0.39 is 0 Å². The predicted octanol–water partition coefficient (Wildman–Crippen LogP) is 5.69. The maximum Gasteiger partial charge on any atom is 0.153 e. The molecule has 0 amide bonds. The molecule has 2 saturated heterocycles. The van der Waals surface area contributed by atoms with Gasteiger partial charge in [0.05, 0.1) is 30.6 Å². The molecule has 5 heteroatoms. The lowest BCUT2D eigenvalue weighted by molar-refractivity contribution is -0.0712. The summed E-state index contributed by atoms with van der Waals surface area (Å²) in [5.41, 5.74) is 6.50. The van der Waals surface area contributed by atoms with E-state index in [1.807, 2.05) is 13.0 Å². The number of halogens is 1. The van der Waals surface area contributed by atoms with E-state index in [-0.39, 0.29) is 11.7 Å². The van der Waals surface area contributed by atoms with E-state index in [1.54, 1.807) is 6.92 Å². The van der Waals surface area contributed by atoms with Crippen LogP contribution in [-0.4, -0.2) is 47.2 Å². The molecule has 1 N–H and O–H groups in total. The lowest BCUT2D eigenvalue weighted by Gasteiger charge is -2.41. The third kappa shape index (κ3) is 3.68. The summed E-state index contributed by atoms with van der Waals surface area (Å²) in [6.07, 6.45) is 2.38. The van der Waals surface area contributed by atoms with Crippen LogP contribution in [0.15, 0.2) is 24.3 Å². The minimum atomic E-state index is -0.230. The zero-order valence-corrected chi connectivity index (χ0v) is 19.0. The summed E-state index contributed by atoms with van der Waals surface area (Å²) in [6, 6.07) is 9.30. The highest BCUT2D eigenvalue weighted by molar-refractivity contribution is 5.92. The van der Waals surface area contributed by atoms with E-state index in [0.717, 1.165) is 43.2 Å². The van der Waals surface area contributed by atoms with Crippen LogP contribution in [0.25, 0.3) is 22.2 Å². The van der Waals surface area contributed by atoms with Crippen molar-refractivity contribution < 1.29 is 9.13 Å². The first-order valence-electron chi connectivity index (χ1n) is 11.5. The molecule has 164 valence electrons. The molecule has 2 fully saturated rings. The highest BCUT2D eigenvalue weighted by Crippen LogP contribution is 2.39. The van der Waals surface area contributed by atoms with Crippen molar-refractivity contribution in [3.05, 3.63) is 52.6 Å². The van der Waals surface area contributed by atoms with E-state index in [0.29, 0.717) is 23.2 Å². The summed E-state index contributed by atoms with van der Waals surface area (Å²) in [5, 5.41) is 1.23. The van der Waals surface area contributed by atoms with Crippen LogP contribution < -0.4 is 0 Å². The normalized spacial score (nSPS) is 18.8. The molecule has 0 atom stereocenters. The molecule has 0 spiro atoms. The molecule has 0 radical (unpaired) electrons. The Labute approximate surface area is 183 Å². The standard InChI is InChI=1S/C26H32FN3O/c1-15(2)24-21-12-19(18-7-9-30(10-8-18)20-13-31-14-20)5-6-23(21)29-26(24)22-11-16(3)28-17(4)25(22)27/h5-6,11-12,15,18,20,29H,7-10,13-14H2,1-4H3. The van der Waals surface area contributed by atoms with Gasteiger partial charge in [0.25, 0.3) is 0 Å². The Bertz CT molecular complexity index is 1110. The largest absolute Gasteiger partial charge is 0.378 e. The number of ether oxygens (including phenoxy) is 1. The van der Waals surface area contributed by atoms with Gasteiger partial charge in [-0.3, -0.25) is 9.88 Å². The van der Waals surface area contributed by atoms with E-state index in [1.165, 1.54) is 29.4 Å². The monoisotopic (exact) mass is 421 g/mol. The number of aryl methyl sites for hydroxylation is 2. The van der Waals surface area contributed by atoms with Crippen LogP contribution in [0.3, 0.4) is 0 Å². The minimum absolute atomic E-state index is 0.230. The first kappa shape index (κ1) is 20.7.